The lowest BCUT2D eigenvalue weighted by Gasteiger charge is -2.38. The zero-order valence-electron chi connectivity index (χ0n) is 14.5. The molecule has 0 saturated heterocycles. The summed E-state index contributed by atoms with van der Waals surface area (Å²) >= 11 is 0. The van der Waals surface area contributed by atoms with Gasteiger partial charge in [-0.3, -0.25) is 0 Å². The first-order valence-corrected chi connectivity index (χ1v) is 8.84. The molecule has 0 N–H and O–H groups in total. The lowest BCUT2D eigenvalue weighted by atomic mass is 9.67. The van der Waals surface area contributed by atoms with Crippen LogP contribution < -0.4 is 0 Å². The Morgan fingerprint density at radius 2 is 1.53 bits per heavy atom. The van der Waals surface area contributed by atoms with E-state index in [-0.39, 0.29) is 0 Å². The number of hydrogen-bond donors (Lipinski definition) is 0. The van der Waals surface area contributed by atoms with E-state index in [0.29, 0.717) is 10.8 Å². The first kappa shape index (κ1) is 17.1. The molecule has 0 aromatic heterocycles. The van der Waals surface area contributed by atoms with Crippen molar-refractivity contribution in [3.8, 4) is 0 Å². The smallest absolute Gasteiger partial charge is 0.0318 e. The fourth-order valence-corrected chi connectivity index (χ4v) is 4.19. The van der Waals surface area contributed by atoms with Crippen molar-refractivity contribution in [1.29, 1.82) is 0 Å². The van der Waals surface area contributed by atoms with E-state index in [0.717, 1.165) is 11.8 Å². The minimum absolute atomic E-state index is 0.563. The maximum atomic E-state index is 2.54. The normalized spacial score (nSPS) is 26.2. The van der Waals surface area contributed by atoms with Gasteiger partial charge in [0.1, 0.15) is 0 Å². The van der Waals surface area contributed by atoms with Crippen molar-refractivity contribution in [3.63, 3.8) is 0 Å². The second kappa shape index (κ2) is 7.14. The SMILES string of the molecule is CCCCCCCC(C)(CC)CC(C)(C)C1CC1C. The lowest BCUT2D eigenvalue weighted by molar-refractivity contribution is 0.129. The number of rotatable bonds is 10. The zero-order valence-corrected chi connectivity index (χ0v) is 14.5. The monoisotopic (exact) mass is 266 g/mol. The van der Waals surface area contributed by atoms with Crippen LogP contribution in [0.1, 0.15) is 99.3 Å². The minimum atomic E-state index is 0.563. The van der Waals surface area contributed by atoms with Crippen molar-refractivity contribution in [2.45, 2.75) is 99.3 Å². The summed E-state index contributed by atoms with van der Waals surface area (Å²) < 4.78 is 0. The Morgan fingerprint density at radius 3 is 2.00 bits per heavy atom. The van der Waals surface area contributed by atoms with Crippen molar-refractivity contribution in [3.05, 3.63) is 0 Å². The van der Waals surface area contributed by atoms with Crippen LogP contribution >= 0.6 is 0 Å². The molecule has 19 heavy (non-hydrogen) atoms. The highest BCUT2D eigenvalue weighted by Crippen LogP contribution is 2.55. The summed E-state index contributed by atoms with van der Waals surface area (Å²) in [6, 6.07) is 0. The maximum absolute atomic E-state index is 2.54. The Morgan fingerprint density at radius 1 is 0.947 bits per heavy atom. The van der Waals surface area contributed by atoms with E-state index in [4.69, 9.17) is 0 Å². The van der Waals surface area contributed by atoms with Crippen LogP contribution in [0.15, 0.2) is 0 Å². The van der Waals surface area contributed by atoms with Gasteiger partial charge >= 0.3 is 0 Å². The van der Waals surface area contributed by atoms with E-state index in [2.05, 4.69) is 41.5 Å². The summed E-state index contributed by atoms with van der Waals surface area (Å²) in [6.45, 7) is 14.7. The summed E-state index contributed by atoms with van der Waals surface area (Å²) in [7, 11) is 0. The molecule has 0 heteroatoms. The molecule has 0 radical (unpaired) electrons. The summed E-state index contributed by atoms with van der Waals surface area (Å²) in [5.74, 6) is 1.99. The number of hydrogen-bond acceptors (Lipinski definition) is 0. The van der Waals surface area contributed by atoms with Crippen LogP contribution in [-0.2, 0) is 0 Å². The van der Waals surface area contributed by atoms with Crippen molar-refractivity contribution >= 4 is 0 Å². The molecule has 1 rings (SSSR count). The average molecular weight is 267 g/mol. The molecule has 0 bridgehead atoms. The predicted octanol–water partition coefficient (Wildman–Crippen LogP) is 6.84. The van der Waals surface area contributed by atoms with Gasteiger partial charge < -0.3 is 0 Å². The van der Waals surface area contributed by atoms with Gasteiger partial charge in [-0.2, -0.15) is 0 Å². The lowest BCUT2D eigenvalue weighted by Crippen LogP contribution is -2.27. The summed E-state index contributed by atoms with van der Waals surface area (Å²) in [5.41, 5.74) is 1.14. The third-order valence-corrected chi connectivity index (χ3v) is 5.73. The Kier molecular flexibility index (Phi) is 6.40. The standard InChI is InChI=1S/C19H38/c1-7-9-10-11-12-13-19(6,8-2)15-18(4,5)17-14-16(17)3/h16-17H,7-15H2,1-6H3. The summed E-state index contributed by atoms with van der Waals surface area (Å²) in [5, 5.41) is 0. The predicted molar refractivity (Wildman–Crippen MR) is 87.4 cm³/mol. The van der Waals surface area contributed by atoms with Crippen molar-refractivity contribution in [1.82, 2.24) is 0 Å². The molecule has 0 aromatic carbocycles. The van der Waals surface area contributed by atoms with Gasteiger partial charge in [0, 0.05) is 0 Å². The molecule has 0 amide bonds. The third-order valence-electron chi connectivity index (χ3n) is 5.73. The van der Waals surface area contributed by atoms with E-state index in [1.165, 1.54) is 57.8 Å². The van der Waals surface area contributed by atoms with Crippen molar-refractivity contribution < 1.29 is 0 Å². The van der Waals surface area contributed by atoms with Crippen molar-refractivity contribution in [2.24, 2.45) is 22.7 Å². The molecule has 1 aliphatic rings. The molecule has 0 aromatic rings. The molecule has 0 spiro atoms. The summed E-state index contributed by atoms with van der Waals surface area (Å²) in [6.07, 6.45) is 12.8. The van der Waals surface area contributed by atoms with Gasteiger partial charge in [0.15, 0.2) is 0 Å². The van der Waals surface area contributed by atoms with Crippen LogP contribution in [-0.4, -0.2) is 0 Å². The van der Waals surface area contributed by atoms with E-state index in [1.807, 2.05) is 0 Å². The van der Waals surface area contributed by atoms with Crippen LogP contribution in [0, 0.1) is 22.7 Å². The van der Waals surface area contributed by atoms with Crippen LogP contribution in [0.4, 0.5) is 0 Å². The van der Waals surface area contributed by atoms with E-state index in [9.17, 15) is 0 Å². The van der Waals surface area contributed by atoms with E-state index >= 15 is 0 Å². The molecule has 1 fully saturated rings. The largest absolute Gasteiger partial charge is 0.0654 e. The highest BCUT2D eigenvalue weighted by Gasteiger charge is 2.46. The fraction of sp³-hybridized carbons (Fsp3) is 1.00. The molecule has 3 unspecified atom stereocenters. The molecule has 114 valence electrons. The van der Waals surface area contributed by atoms with Gasteiger partial charge in [-0.05, 0) is 41.9 Å². The Balaban J connectivity index is 2.37. The highest BCUT2D eigenvalue weighted by molar-refractivity contribution is 4.96. The van der Waals surface area contributed by atoms with E-state index in [1.54, 1.807) is 0 Å². The molecule has 1 saturated carbocycles. The van der Waals surface area contributed by atoms with Gasteiger partial charge in [-0.1, -0.05) is 80.1 Å². The average Bonchev–Trinajstić information content (AvgIpc) is 3.07. The maximum Gasteiger partial charge on any atom is -0.0318 e. The topological polar surface area (TPSA) is 0 Å². The third kappa shape index (κ3) is 5.48. The molecule has 0 nitrogen and oxygen atoms in total. The van der Waals surface area contributed by atoms with Gasteiger partial charge in [0.25, 0.3) is 0 Å². The molecule has 3 atom stereocenters. The second-order valence-corrected chi connectivity index (χ2v) is 8.31. The van der Waals surface area contributed by atoms with Gasteiger partial charge in [0.2, 0.25) is 0 Å². The molecular formula is C19H38. The van der Waals surface area contributed by atoms with Gasteiger partial charge in [-0.25, -0.2) is 0 Å². The van der Waals surface area contributed by atoms with Crippen LogP contribution in [0.2, 0.25) is 0 Å². The first-order valence-electron chi connectivity index (χ1n) is 8.84. The Labute approximate surface area is 122 Å². The second-order valence-electron chi connectivity index (χ2n) is 8.31. The molecule has 0 heterocycles. The zero-order chi connectivity index (χ0) is 14.5. The molecule has 1 aliphatic carbocycles. The minimum Gasteiger partial charge on any atom is -0.0654 e. The molecular weight excluding hydrogens is 228 g/mol. The van der Waals surface area contributed by atoms with Gasteiger partial charge in [-0.15, -0.1) is 0 Å². The number of unbranched alkanes of at least 4 members (excludes halogenated alkanes) is 4. The van der Waals surface area contributed by atoms with Crippen molar-refractivity contribution in [2.75, 3.05) is 0 Å². The Hall–Kier alpha value is 0. The Bertz CT molecular complexity index is 253. The highest BCUT2D eigenvalue weighted by atomic mass is 14.5. The fourth-order valence-electron chi connectivity index (χ4n) is 4.19. The van der Waals surface area contributed by atoms with Gasteiger partial charge in [0.05, 0.1) is 0 Å². The van der Waals surface area contributed by atoms with Crippen LogP contribution in [0.25, 0.3) is 0 Å². The quantitative estimate of drug-likeness (QED) is 0.380. The van der Waals surface area contributed by atoms with Crippen LogP contribution in [0.3, 0.4) is 0 Å². The first-order chi connectivity index (χ1) is 8.84. The van der Waals surface area contributed by atoms with Crippen LogP contribution in [0.5, 0.6) is 0 Å². The molecule has 0 aliphatic heterocycles. The summed E-state index contributed by atoms with van der Waals surface area (Å²) in [4.78, 5) is 0. The van der Waals surface area contributed by atoms with E-state index < -0.39 is 0 Å².